The Hall–Kier alpha value is -2.05. The fourth-order valence-electron chi connectivity index (χ4n) is 3.12. The Balaban J connectivity index is 1.91. The summed E-state index contributed by atoms with van der Waals surface area (Å²) in [5.41, 5.74) is 0.921. The van der Waals surface area contributed by atoms with E-state index < -0.39 is 10.1 Å². The molecule has 0 aliphatic rings. The smallest absolute Gasteiger partial charge is 0.294 e. The lowest BCUT2D eigenvalue weighted by Crippen LogP contribution is -1.98. The first-order valence-electron chi connectivity index (χ1n) is 9.97. The highest BCUT2D eigenvalue weighted by atomic mass is 32.2. The van der Waals surface area contributed by atoms with Crippen molar-refractivity contribution in [2.75, 3.05) is 0 Å². The summed E-state index contributed by atoms with van der Waals surface area (Å²) in [6, 6.07) is 10.6. The number of aromatic hydroxyl groups is 1. The van der Waals surface area contributed by atoms with Gasteiger partial charge in [0.1, 0.15) is 17.2 Å². The fourth-order valence-corrected chi connectivity index (χ4v) is 3.60. The Morgan fingerprint density at radius 1 is 0.857 bits per heavy atom. The number of hydrogen-bond acceptors (Lipinski definition) is 4. The first-order valence-corrected chi connectivity index (χ1v) is 11.4. The molecule has 28 heavy (non-hydrogen) atoms. The molecule has 0 unspecified atom stereocenters. The summed E-state index contributed by atoms with van der Waals surface area (Å²) < 4.78 is 37.2. The van der Waals surface area contributed by atoms with Gasteiger partial charge in [-0.05, 0) is 60.9 Å². The van der Waals surface area contributed by atoms with Gasteiger partial charge in [-0.25, -0.2) is 0 Å². The van der Waals surface area contributed by atoms with E-state index in [9.17, 15) is 13.5 Å². The van der Waals surface area contributed by atoms with Gasteiger partial charge in [-0.15, -0.1) is 0 Å². The highest BCUT2D eigenvalue weighted by molar-refractivity contribution is 7.85. The van der Waals surface area contributed by atoms with Gasteiger partial charge in [0.15, 0.2) is 0 Å². The van der Waals surface area contributed by atoms with Crippen molar-refractivity contribution in [3.05, 3.63) is 48.0 Å². The van der Waals surface area contributed by atoms with Crippen molar-refractivity contribution in [1.82, 2.24) is 0 Å². The van der Waals surface area contributed by atoms with E-state index in [0.29, 0.717) is 11.5 Å². The molecule has 5 nitrogen and oxygen atoms in total. The van der Waals surface area contributed by atoms with Crippen molar-refractivity contribution < 1.29 is 22.8 Å². The maximum atomic E-state index is 11.1. The molecule has 0 spiro atoms. The van der Waals surface area contributed by atoms with Crippen LogP contribution in [0.15, 0.2) is 47.4 Å². The predicted octanol–water partition coefficient (Wildman–Crippen LogP) is 6.11. The van der Waals surface area contributed by atoms with Gasteiger partial charge in [0.2, 0.25) is 0 Å². The van der Waals surface area contributed by atoms with Gasteiger partial charge in [-0.3, -0.25) is 4.55 Å². The number of phenolic OH excluding ortho intramolecular Hbond substituents is 1. The third-order valence-electron chi connectivity index (χ3n) is 4.69. The second-order valence-corrected chi connectivity index (χ2v) is 8.49. The van der Waals surface area contributed by atoms with Crippen molar-refractivity contribution >= 4 is 10.1 Å². The lowest BCUT2D eigenvalue weighted by Gasteiger charge is -2.12. The summed E-state index contributed by atoms with van der Waals surface area (Å²) in [4.78, 5) is -0.176. The lowest BCUT2D eigenvalue weighted by molar-refractivity contribution is 0.457. The molecule has 2 aromatic rings. The topological polar surface area (TPSA) is 83.8 Å². The normalized spacial score (nSPS) is 11.5. The monoisotopic (exact) mass is 406 g/mol. The molecule has 0 amide bonds. The van der Waals surface area contributed by atoms with Crippen LogP contribution in [0.2, 0.25) is 0 Å². The minimum atomic E-state index is -4.22. The minimum absolute atomic E-state index is 0.176. The van der Waals surface area contributed by atoms with Gasteiger partial charge >= 0.3 is 0 Å². The lowest BCUT2D eigenvalue weighted by atomic mass is 10.0. The Bertz CT molecular complexity index is 829. The molecule has 2 rings (SSSR count). The van der Waals surface area contributed by atoms with Crippen LogP contribution in [-0.2, 0) is 16.5 Å². The van der Waals surface area contributed by atoms with E-state index in [2.05, 4.69) is 6.92 Å². The summed E-state index contributed by atoms with van der Waals surface area (Å²) >= 11 is 0. The van der Waals surface area contributed by atoms with E-state index >= 15 is 0 Å². The summed E-state index contributed by atoms with van der Waals surface area (Å²) in [7, 11) is -4.22. The van der Waals surface area contributed by atoms with Crippen LogP contribution < -0.4 is 4.74 Å². The van der Waals surface area contributed by atoms with Crippen LogP contribution in [0.1, 0.15) is 63.9 Å². The largest absolute Gasteiger partial charge is 0.508 e. The number of unbranched alkanes of at least 4 members (excludes halogenated alkanes) is 7. The average molecular weight is 407 g/mol. The molecule has 2 N–H and O–H groups in total. The van der Waals surface area contributed by atoms with Gasteiger partial charge in [0, 0.05) is 0 Å². The Labute approximate surface area is 168 Å². The van der Waals surface area contributed by atoms with Gasteiger partial charge in [-0.2, -0.15) is 8.42 Å². The molecule has 0 aliphatic heterocycles. The Morgan fingerprint density at radius 3 is 2.07 bits per heavy atom. The molecule has 0 aliphatic carbocycles. The maximum absolute atomic E-state index is 11.1. The summed E-state index contributed by atoms with van der Waals surface area (Å²) in [6.45, 7) is 2.22. The quantitative estimate of drug-likeness (QED) is 0.328. The van der Waals surface area contributed by atoms with Crippen molar-refractivity contribution in [2.24, 2.45) is 0 Å². The first-order chi connectivity index (χ1) is 13.4. The maximum Gasteiger partial charge on any atom is 0.294 e. The van der Waals surface area contributed by atoms with Gasteiger partial charge in [0.25, 0.3) is 10.1 Å². The van der Waals surface area contributed by atoms with Crippen molar-refractivity contribution in [1.29, 1.82) is 0 Å². The highest BCUT2D eigenvalue weighted by Crippen LogP contribution is 2.30. The van der Waals surface area contributed by atoms with Crippen LogP contribution in [0.25, 0.3) is 0 Å². The molecule has 0 fully saturated rings. The highest BCUT2D eigenvalue weighted by Gasteiger charge is 2.11. The molecule has 0 atom stereocenters. The van der Waals surface area contributed by atoms with E-state index in [1.165, 1.54) is 62.8 Å². The van der Waals surface area contributed by atoms with Gasteiger partial charge in [0.05, 0.1) is 4.90 Å². The van der Waals surface area contributed by atoms with E-state index in [1.807, 2.05) is 0 Å². The van der Waals surface area contributed by atoms with E-state index in [1.54, 1.807) is 18.2 Å². The fraction of sp³-hybridized carbons (Fsp3) is 0.455. The van der Waals surface area contributed by atoms with Gasteiger partial charge < -0.3 is 9.84 Å². The second-order valence-electron chi connectivity index (χ2n) is 7.07. The molecule has 6 heteroatoms. The SMILES string of the molecule is CCCCCCCCCCc1cc(O)ccc1Oc1ccc(S(=O)(=O)O)cc1. The zero-order chi connectivity index (χ0) is 20.4. The molecule has 0 saturated heterocycles. The molecule has 0 saturated carbocycles. The molecular formula is C22H30O5S. The number of aryl methyl sites for hydroxylation is 1. The molecule has 2 aromatic carbocycles. The predicted molar refractivity (Wildman–Crippen MR) is 111 cm³/mol. The Kier molecular flexibility index (Phi) is 8.80. The number of benzene rings is 2. The molecule has 0 radical (unpaired) electrons. The average Bonchev–Trinajstić information content (AvgIpc) is 2.65. The van der Waals surface area contributed by atoms with Crippen LogP contribution in [-0.4, -0.2) is 18.1 Å². The van der Waals surface area contributed by atoms with Crippen molar-refractivity contribution in [3.63, 3.8) is 0 Å². The van der Waals surface area contributed by atoms with E-state index in [-0.39, 0.29) is 10.6 Å². The molecule has 0 aromatic heterocycles. The van der Waals surface area contributed by atoms with Gasteiger partial charge in [-0.1, -0.05) is 51.9 Å². The van der Waals surface area contributed by atoms with E-state index in [4.69, 9.17) is 9.29 Å². The van der Waals surface area contributed by atoms with Crippen LogP contribution >= 0.6 is 0 Å². The minimum Gasteiger partial charge on any atom is -0.508 e. The summed E-state index contributed by atoms with van der Waals surface area (Å²) in [5, 5.41) is 9.80. The zero-order valence-corrected chi connectivity index (χ0v) is 17.2. The third kappa shape index (κ3) is 7.52. The second kappa shape index (κ2) is 11.1. The number of hydrogen-bond donors (Lipinski definition) is 2. The van der Waals surface area contributed by atoms with Crippen LogP contribution in [0.3, 0.4) is 0 Å². The molecular weight excluding hydrogens is 376 g/mol. The van der Waals surface area contributed by atoms with E-state index in [0.717, 1.165) is 24.8 Å². The molecule has 154 valence electrons. The zero-order valence-electron chi connectivity index (χ0n) is 16.4. The summed E-state index contributed by atoms with van der Waals surface area (Å²) in [5.74, 6) is 1.30. The number of rotatable bonds is 12. The Morgan fingerprint density at radius 2 is 1.46 bits per heavy atom. The van der Waals surface area contributed by atoms with Crippen molar-refractivity contribution in [2.45, 2.75) is 69.6 Å². The van der Waals surface area contributed by atoms with Crippen LogP contribution in [0.5, 0.6) is 17.2 Å². The standard InChI is InChI=1S/C22H30O5S/c1-2-3-4-5-6-7-8-9-10-18-17-19(23)11-16-22(18)27-20-12-14-21(15-13-20)28(24,25)26/h11-17,23H,2-10H2,1H3,(H,24,25,26). The number of ether oxygens (including phenoxy) is 1. The van der Waals surface area contributed by atoms with Crippen LogP contribution in [0.4, 0.5) is 0 Å². The molecule has 0 heterocycles. The third-order valence-corrected chi connectivity index (χ3v) is 5.56. The van der Waals surface area contributed by atoms with Crippen LogP contribution in [0, 0.1) is 0 Å². The first kappa shape index (κ1) is 22.2. The number of phenols is 1. The van der Waals surface area contributed by atoms with Crippen molar-refractivity contribution in [3.8, 4) is 17.2 Å². The molecule has 0 bridgehead atoms. The summed E-state index contributed by atoms with van der Waals surface area (Å²) in [6.07, 6.45) is 10.7.